The normalized spacial score (nSPS) is 13.1. The second kappa shape index (κ2) is 13.5. The van der Waals surface area contributed by atoms with E-state index in [1.54, 1.807) is 13.4 Å². The van der Waals surface area contributed by atoms with Gasteiger partial charge in [0.2, 0.25) is 0 Å². The third-order valence-electron chi connectivity index (χ3n) is 1.85. The summed E-state index contributed by atoms with van der Waals surface area (Å²) in [6.07, 6.45) is 23.4. The summed E-state index contributed by atoms with van der Waals surface area (Å²) >= 11 is 0. The van der Waals surface area contributed by atoms with Crippen LogP contribution in [0, 0.1) is 0 Å². The lowest BCUT2D eigenvalue weighted by Gasteiger charge is -1.85. The predicted octanol–water partition coefficient (Wildman–Crippen LogP) is 4.56. The van der Waals surface area contributed by atoms with Gasteiger partial charge in [-0.05, 0) is 12.5 Å². The first kappa shape index (κ1) is 14.5. The molecule has 1 nitrogen and oxygen atoms in total. The van der Waals surface area contributed by atoms with E-state index in [4.69, 9.17) is 4.74 Å². The van der Waals surface area contributed by atoms with Gasteiger partial charge < -0.3 is 4.74 Å². The Morgan fingerprint density at radius 3 is 1.94 bits per heavy atom. The maximum atomic E-state index is 4.75. The van der Waals surface area contributed by atoms with Crippen molar-refractivity contribution in [2.24, 2.45) is 0 Å². The van der Waals surface area contributed by atoms with Gasteiger partial charge >= 0.3 is 0 Å². The molecule has 0 aliphatic rings. The fourth-order valence-corrected chi connectivity index (χ4v) is 1.01. The third-order valence-corrected chi connectivity index (χ3v) is 1.85. The molecule has 0 aromatic rings. The smallest absolute Gasteiger partial charge is 0.0824 e. The molecule has 0 spiro atoms. The number of hydrogen-bond acceptors (Lipinski definition) is 1. The van der Waals surface area contributed by atoms with Crippen LogP contribution in [0.15, 0.2) is 60.9 Å². The van der Waals surface area contributed by atoms with Crippen LogP contribution in [-0.2, 0) is 4.74 Å². The Morgan fingerprint density at radius 2 is 1.38 bits per heavy atom. The highest BCUT2D eigenvalue weighted by molar-refractivity contribution is 5.17. The summed E-state index contributed by atoms with van der Waals surface area (Å²) < 4.78 is 4.75. The summed E-state index contributed by atoms with van der Waals surface area (Å²) in [4.78, 5) is 0. The van der Waals surface area contributed by atoms with Crippen molar-refractivity contribution in [3.8, 4) is 0 Å². The van der Waals surface area contributed by atoms with Crippen molar-refractivity contribution in [3.63, 3.8) is 0 Å². The molecule has 0 unspecified atom stereocenters. The van der Waals surface area contributed by atoms with Crippen LogP contribution in [0.1, 0.15) is 26.2 Å². The van der Waals surface area contributed by atoms with Gasteiger partial charge in [0.1, 0.15) is 0 Å². The first-order chi connectivity index (χ1) is 7.91. The largest absolute Gasteiger partial charge is 0.504 e. The Kier molecular flexibility index (Phi) is 12.2. The third kappa shape index (κ3) is 12.5. The molecule has 0 saturated heterocycles. The van der Waals surface area contributed by atoms with Crippen molar-refractivity contribution in [2.75, 3.05) is 7.11 Å². The molecule has 0 saturated carbocycles. The molecule has 88 valence electrons. The molecule has 16 heavy (non-hydrogen) atoms. The number of hydrogen-bond donors (Lipinski definition) is 0. The summed E-state index contributed by atoms with van der Waals surface area (Å²) in [5.41, 5.74) is 0. The lowest BCUT2D eigenvalue weighted by molar-refractivity contribution is 0.338. The van der Waals surface area contributed by atoms with Gasteiger partial charge in [-0.3, -0.25) is 0 Å². The highest BCUT2D eigenvalue weighted by Gasteiger charge is 1.74. The van der Waals surface area contributed by atoms with Gasteiger partial charge in [-0.15, -0.1) is 0 Å². The molecule has 0 atom stereocenters. The summed E-state index contributed by atoms with van der Waals surface area (Å²) in [5, 5.41) is 0. The van der Waals surface area contributed by atoms with Crippen LogP contribution in [0.25, 0.3) is 0 Å². The molecule has 0 rings (SSSR count). The van der Waals surface area contributed by atoms with Crippen molar-refractivity contribution >= 4 is 0 Å². The van der Waals surface area contributed by atoms with Crippen LogP contribution < -0.4 is 0 Å². The Morgan fingerprint density at radius 1 is 0.812 bits per heavy atom. The minimum absolute atomic E-state index is 1.17. The topological polar surface area (TPSA) is 9.23 Å². The van der Waals surface area contributed by atoms with Crippen LogP contribution in [0.3, 0.4) is 0 Å². The van der Waals surface area contributed by atoms with E-state index < -0.39 is 0 Å². The predicted molar refractivity (Wildman–Crippen MR) is 72.2 cm³/mol. The Labute approximate surface area is 99.5 Å². The monoisotopic (exact) mass is 218 g/mol. The van der Waals surface area contributed by atoms with Crippen molar-refractivity contribution in [1.82, 2.24) is 0 Å². The molecule has 0 radical (unpaired) electrons. The molecular formula is C15H22O. The van der Waals surface area contributed by atoms with Crippen LogP contribution >= 0.6 is 0 Å². The molecule has 0 fully saturated rings. The van der Waals surface area contributed by atoms with E-state index >= 15 is 0 Å². The van der Waals surface area contributed by atoms with E-state index in [2.05, 4.69) is 19.1 Å². The molecule has 0 amide bonds. The van der Waals surface area contributed by atoms with Gasteiger partial charge in [-0.2, -0.15) is 0 Å². The molecule has 0 aromatic heterocycles. The average Bonchev–Trinajstić information content (AvgIpc) is 2.31. The van der Waals surface area contributed by atoms with Gasteiger partial charge in [0, 0.05) is 0 Å². The quantitative estimate of drug-likeness (QED) is 0.329. The second-order valence-electron chi connectivity index (χ2n) is 3.29. The lowest BCUT2D eigenvalue weighted by Crippen LogP contribution is -1.64. The van der Waals surface area contributed by atoms with Crippen molar-refractivity contribution in [3.05, 3.63) is 60.9 Å². The Hall–Kier alpha value is -1.50. The van der Waals surface area contributed by atoms with Gasteiger partial charge in [0.25, 0.3) is 0 Å². The van der Waals surface area contributed by atoms with E-state index in [1.807, 2.05) is 42.5 Å². The number of allylic oxidation sites excluding steroid dienone is 9. The fourth-order valence-electron chi connectivity index (χ4n) is 1.01. The first-order valence-corrected chi connectivity index (χ1v) is 5.76. The maximum Gasteiger partial charge on any atom is 0.0824 e. The summed E-state index contributed by atoms with van der Waals surface area (Å²) in [6, 6.07) is 0. The van der Waals surface area contributed by atoms with Crippen LogP contribution in [0.5, 0.6) is 0 Å². The zero-order chi connectivity index (χ0) is 11.9. The zero-order valence-electron chi connectivity index (χ0n) is 10.3. The molecular weight excluding hydrogens is 196 g/mol. The number of rotatable bonds is 8. The summed E-state index contributed by atoms with van der Waals surface area (Å²) in [5.74, 6) is 0. The second-order valence-corrected chi connectivity index (χ2v) is 3.29. The standard InChI is InChI=1S/C15H22O/c1-3-4-5-6-7-8-9-10-11-12-13-14-15-16-2/h6-15H,3-5H2,1-2H3/b7-6-,9-8-,11-10-,13-12-,15-14-. The van der Waals surface area contributed by atoms with E-state index in [1.165, 1.54) is 19.3 Å². The fraction of sp³-hybridized carbons (Fsp3) is 0.333. The van der Waals surface area contributed by atoms with Crippen molar-refractivity contribution in [2.45, 2.75) is 26.2 Å². The van der Waals surface area contributed by atoms with E-state index in [9.17, 15) is 0 Å². The number of methoxy groups -OCH3 is 1. The molecule has 0 bridgehead atoms. The Balaban J connectivity index is 3.58. The van der Waals surface area contributed by atoms with E-state index in [0.717, 1.165) is 0 Å². The summed E-state index contributed by atoms with van der Waals surface area (Å²) in [6.45, 7) is 2.21. The maximum absolute atomic E-state index is 4.75. The first-order valence-electron chi connectivity index (χ1n) is 5.76. The highest BCUT2D eigenvalue weighted by Crippen LogP contribution is 1.94. The van der Waals surface area contributed by atoms with Gasteiger partial charge in [-0.25, -0.2) is 0 Å². The average molecular weight is 218 g/mol. The molecule has 1 heteroatoms. The molecule has 0 aliphatic heterocycles. The van der Waals surface area contributed by atoms with Gasteiger partial charge in [0.05, 0.1) is 13.4 Å². The van der Waals surface area contributed by atoms with Crippen LogP contribution in [0.4, 0.5) is 0 Å². The van der Waals surface area contributed by atoms with E-state index in [-0.39, 0.29) is 0 Å². The van der Waals surface area contributed by atoms with Crippen molar-refractivity contribution < 1.29 is 4.74 Å². The van der Waals surface area contributed by atoms with Gasteiger partial charge in [0.15, 0.2) is 0 Å². The lowest BCUT2D eigenvalue weighted by atomic mass is 10.2. The Bertz CT molecular complexity index is 267. The minimum atomic E-state index is 1.17. The molecule has 0 heterocycles. The number of unbranched alkanes of at least 4 members (excludes halogenated alkanes) is 2. The number of ether oxygens (including phenoxy) is 1. The SMILES string of the molecule is CCCC\C=C/C=C\C=C/C=C\C=C/OC. The minimum Gasteiger partial charge on any atom is -0.504 e. The molecule has 0 aliphatic carbocycles. The zero-order valence-corrected chi connectivity index (χ0v) is 10.3. The van der Waals surface area contributed by atoms with Gasteiger partial charge in [-0.1, -0.05) is 68.4 Å². The van der Waals surface area contributed by atoms with Crippen LogP contribution in [0.2, 0.25) is 0 Å². The highest BCUT2D eigenvalue weighted by atomic mass is 16.5. The van der Waals surface area contributed by atoms with Crippen LogP contribution in [-0.4, -0.2) is 7.11 Å². The molecule has 0 N–H and O–H groups in total. The summed E-state index contributed by atoms with van der Waals surface area (Å²) in [7, 11) is 1.63. The van der Waals surface area contributed by atoms with E-state index in [0.29, 0.717) is 0 Å². The van der Waals surface area contributed by atoms with Crippen molar-refractivity contribution in [1.29, 1.82) is 0 Å². The molecule has 0 aromatic carbocycles.